The van der Waals surface area contributed by atoms with Gasteiger partial charge in [-0.15, -0.1) is 0 Å². The highest BCUT2D eigenvalue weighted by Crippen LogP contribution is 2.23. The summed E-state index contributed by atoms with van der Waals surface area (Å²) in [6.45, 7) is 0.120. The number of rotatable bonds is 5. The lowest BCUT2D eigenvalue weighted by Gasteiger charge is -2.15. The molecule has 0 aliphatic heterocycles. The van der Waals surface area contributed by atoms with Crippen LogP contribution in [0.4, 0.5) is 5.82 Å². The molecule has 1 aromatic rings. The first-order chi connectivity index (χ1) is 7.56. The fourth-order valence-electron chi connectivity index (χ4n) is 1.35. The maximum absolute atomic E-state index is 9.76. The summed E-state index contributed by atoms with van der Waals surface area (Å²) in [7, 11) is 1.67. The van der Waals surface area contributed by atoms with E-state index >= 15 is 0 Å². The van der Waals surface area contributed by atoms with Gasteiger partial charge in [0, 0.05) is 30.3 Å². The monoisotopic (exact) mass is 226 g/mol. The number of hydrogen-bond donors (Lipinski definition) is 3. The summed E-state index contributed by atoms with van der Waals surface area (Å²) in [4.78, 5) is 2.55. The molecule has 0 spiro atoms. The van der Waals surface area contributed by atoms with E-state index in [0.29, 0.717) is 5.56 Å². The van der Waals surface area contributed by atoms with Crippen LogP contribution in [0.1, 0.15) is 18.1 Å². The molecule has 8 nitrogen and oxygen atoms in total. The van der Waals surface area contributed by atoms with Crippen LogP contribution in [0.25, 0.3) is 10.4 Å². The fourth-order valence-corrected chi connectivity index (χ4v) is 1.35. The van der Waals surface area contributed by atoms with E-state index < -0.39 is 12.2 Å². The van der Waals surface area contributed by atoms with E-state index in [9.17, 15) is 10.2 Å². The smallest absolute Gasteiger partial charge is 0.151 e. The van der Waals surface area contributed by atoms with Gasteiger partial charge in [-0.3, -0.25) is 4.68 Å². The number of nitrogen functional groups attached to an aromatic ring is 1. The molecule has 1 heterocycles. The Morgan fingerprint density at radius 3 is 2.88 bits per heavy atom. The van der Waals surface area contributed by atoms with Gasteiger partial charge in [0.1, 0.15) is 6.10 Å². The molecule has 0 aliphatic rings. The number of azide groups is 1. The summed E-state index contributed by atoms with van der Waals surface area (Å²) in [5, 5.41) is 26.5. The van der Waals surface area contributed by atoms with Crippen LogP contribution >= 0.6 is 0 Å². The summed E-state index contributed by atoms with van der Waals surface area (Å²) in [6, 6.07) is 0. The van der Waals surface area contributed by atoms with Gasteiger partial charge in [-0.2, -0.15) is 5.10 Å². The van der Waals surface area contributed by atoms with Gasteiger partial charge in [0.2, 0.25) is 0 Å². The first kappa shape index (κ1) is 12.3. The lowest BCUT2D eigenvalue weighted by Crippen LogP contribution is -2.19. The molecule has 0 aromatic carbocycles. The molecule has 88 valence electrons. The van der Waals surface area contributed by atoms with E-state index in [1.807, 2.05) is 0 Å². The Kier molecular flexibility index (Phi) is 4.12. The minimum atomic E-state index is -1.12. The number of aromatic nitrogens is 2. The number of aliphatic hydroxyl groups excluding tert-OH is 2. The predicted octanol–water partition coefficient (Wildman–Crippen LogP) is 0.0970. The van der Waals surface area contributed by atoms with Gasteiger partial charge in [0.15, 0.2) is 5.82 Å². The average Bonchev–Trinajstić information content (AvgIpc) is 2.57. The van der Waals surface area contributed by atoms with Gasteiger partial charge in [-0.25, -0.2) is 0 Å². The Hall–Kier alpha value is -1.76. The van der Waals surface area contributed by atoms with Crippen molar-refractivity contribution in [3.8, 4) is 0 Å². The zero-order chi connectivity index (χ0) is 12.1. The number of nitrogens with two attached hydrogens (primary N) is 1. The number of aryl methyl sites for hydroxylation is 1. The molecule has 16 heavy (non-hydrogen) atoms. The fraction of sp³-hybridized carbons (Fsp3) is 0.625. The van der Waals surface area contributed by atoms with Crippen molar-refractivity contribution in [2.24, 2.45) is 12.2 Å². The van der Waals surface area contributed by atoms with Crippen LogP contribution in [0.3, 0.4) is 0 Å². The Morgan fingerprint density at radius 2 is 2.38 bits per heavy atom. The average molecular weight is 226 g/mol. The molecule has 0 radical (unpaired) electrons. The van der Waals surface area contributed by atoms with Crippen LogP contribution in [0.5, 0.6) is 0 Å². The Bertz CT molecular complexity index is 397. The van der Waals surface area contributed by atoms with Crippen LogP contribution < -0.4 is 5.73 Å². The van der Waals surface area contributed by atoms with Gasteiger partial charge in [0.05, 0.1) is 6.10 Å². The molecular weight excluding hydrogens is 212 g/mol. The van der Waals surface area contributed by atoms with Crippen LogP contribution in [-0.4, -0.2) is 32.6 Å². The van der Waals surface area contributed by atoms with Crippen molar-refractivity contribution < 1.29 is 10.2 Å². The summed E-state index contributed by atoms with van der Waals surface area (Å²) in [5.41, 5.74) is 14.0. The zero-order valence-corrected chi connectivity index (χ0v) is 8.85. The molecule has 0 aliphatic carbocycles. The molecule has 1 rings (SSSR count). The normalized spacial score (nSPS) is 14.2. The number of aliphatic hydroxyl groups is 2. The quantitative estimate of drug-likeness (QED) is 0.373. The van der Waals surface area contributed by atoms with Crippen LogP contribution in [0.2, 0.25) is 0 Å². The van der Waals surface area contributed by atoms with E-state index in [1.165, 1.54) is 10.9 Å². The summed E-state index contributed by atoms with van der Waals surface area (Å²) < 4.78 is 1.45. The molecule has 0 bridgehead atoms. The Labute approximate surface area is 91.9 Å². The highest BCUT2D eigenvalue weighted by molar-refractivity contribution is 5.39. The molecule has 1 aromatic heterocycles. The van der Waals surface area contributed by atoms with E-state index in [2.05, 4.69) is 15.1 Å². The number of anilines is 1. The van der Waals surface area contributed by atoms with Gasteiger partial charge < -0.3 is 15.9 Å². The zero-order valence-electron chi connectivity index (χ0n) is 8.85. The SMILES string of the molecule is Cn1cc(C(O)C(O)CCN=[N+]=[N-])c(N)n1. The molecule has 0 amide bonds. The second-order valence-electron chi connectivity index (χ2n) is 3.40. The van der Waals surface area contributed by atoms with Crippen molar-refractivity contribution in [3.63, 3.8) is 0 Å². The molecule has 8 heteroatoms. The van der Waals surface area contributed by atoms with E-state index in [4.69, 9.17) is 11.3 Å². The standard InChI is InChI=1S/C8H14N6O2/c1-14-4-5(8(9)12-14)7(16)6(15)2-3-11-13-10/h4,6-7,15-16H,2-3H2,1H3,(H2,9,12). The van der Waals surface area contributed by atoms with E-state index in [0.717, 1.165) is 0 Å². The molecule has 0 fully saturated rings. The summed E-state index contributed by atoms with van der Waals surface area (Å²) in [5.74, 6) is 0.179. The van der Waals surface area contributed by atoms with E-state index in [1.54, 1.807) is 7.05 Å². The van der Waals surface area contributed by atoms with Gasteiger partial charge >= 0.3 is 0 Å². The third kappa shape index (κ3) is 2.86. The summed E-state index contributed by atoms with van der Waals surface area (Å²) >= 11 is 0. The minimum Gasteiger partial charge on any atom is -0.390 e. The van der Waals surface area contributed by atoms with Crippen molar-refractivity contribution in [1.29, 1.82) is 0 Å². The highest BCUT2D eigenvalue weighted by Gasteiger charge is 2.21. The highest BCUT2D eigenvalue weighted by atomic mass is 16.3. The first-order valence-electron chi connectivity index (χ1n) is 4.72. The molecule has 0 saturated heterocycles. The van der Waals surface area contributed by atoms with Gasteiger partial charge in [-0.05, 0) is 12.0 Å². The number of hydrogen-bond acceptors (Lipinski definition) is 5. The third-order valence-electron chi connectivity index (χ3n) is 2.16. The van der Waals surface area contributed by atoms with Gasteiger partial charge in [-0.1, -0.05) is 5.11 Å². The summed E-state index contributed by atoms with van der Waals surface area (Å²) in [6.07, 6.45) is -0.448. The second-order valence-corrected chi connectivity index (χ2v) is 3.40. The first-order valence-corrected chi connectivity index (χ1v) is 4.72. The topological polar surface area (TPSA) is 133 Å². The van der Waals surface area contributed by atoms with Crippen molar-refractivity contribution >= 4 is 5.82 Å². The van der Waals surface area contributed by atoms with Gasteiger partial charge in [0.25, 0.3) is 0 Å². The maximum Gasteiger partial charge on any atom is 0.151 e. The molecule has 4 N–H and O–H groups in total. The maximum atomic E-state index is 9.76. The van der Waals surface area contributed by atoms with Crippen molar-refractivity contribution in [2.45, 2.75) is 18.6 Å². The Morgan fingerprint density at radius 1 is 1.69 bits per heavy atom. The minimum absolute atomic E-state index is 0.120. The lowest BCUT2D eigenvalue weighted by molar-refractivity contribution is 0.0154. The van der Waals surface area contributed by atoms with E-state index in [-0.39, 0.29) is 18.8 Å². The molecule has 0 saturated carbocycles. The van der Waals surface area contributed by atoms with Crippen LogP contribution in [0, 0.1) is 0 Å². The number of nitrogens with zero attached hydrogens (tertiary/aromatic N) is 5. The largest absolute Gasteiger partial charge is 0.390 e. The molecule has 2 unspecified atom stereocenters. The molecule has 2 atom stereocenters. The van der Waals surface area contributed by atoms with Crippen molar-refractivity contribution in [2.75, 3.05) is 12.3 Å². The predicted molar refractivity (Wildman–Crippen MR) is 57.2 cm³/mol. The van der Waals surface area contributed by atoms with Crippen LogP contribution in [-0.2, 0) is 7.05 Å². The van der Waals surface area contributed by atoms with Crippen molar-refractivity contribution in [3.05, 3.63) is 22.2 Å². The lowest BCUT2D eigenvalue weighted by atomic mass is 10.1. The van der Waals surface area contributed by atoms with Crippen molar-refractivity contribution in [1.82, 2.24) is 9.78 Å². The van der Waals surface area contributed by atoms with Crippen LogP contribution in [0.15, 0.2) is 11.3 Å². The molecular formula is C8H14N6O2. The third-order valence-corrected chi connectivity index (χ3v) is 2.16. The second kappa shape index (κ2) is 5.36. The Balaban J connectivity index is 2.66.